The number of hydrogen-bond donors (Lipinski definition) is 2. The second-order valence-corrected chi connectivity index (χ2v) is 7.71. The van der Waals surface area contributed by atoms with Gasteiger partial charge < -0.3 is 15.3 Å². The highest BCUT2D eigenvalue weighted by molar-refractivity contribution is 4.97. The Labute approximate surface area is 131 Å². The standard InChI is InChI=1S/C18H36N2O/c1-4-11-19-18(14-21)10-6-9-17(13-18)20(3)16-8-5-7-15(2)12-16/h15-17,19,21H,4-14H2,1-3H3. The van der Waals surface area contributed by atoms with Crippen molar-refractivity contribution in [1.29, 1.82) is 0 Å². The van der Waals surface area contributed by atoms with Gasteiger partial charge in [0.1, 0.15) is 0 Å². The van der Waals surface area contributed by atoms with Gasteiger partial charge >= 0.3 is 0 Å². The fourth-order valence-electron chi connectivity index (χ4n) is 4.50. The first-order valence-corrected chi connectivity index (χ1v) is 9.18. The number of nitrogens with one attached hydrogen (secondary N) is 1. The highest BCUT2D eigenvalue weighted by Crippen LogP contribution is 2.35. The Morgan fingerprint density at radius 3 is 2.62 bits per heavy atom. The molecular formula is C18H36N2O. The molecule has 0 heterocycles. The maximum atomic E-state index is 9.94. The lowest BCUT2D eigenvalue weighted by atomic mass is 9.77. The molecule has 3 heteroatoms. The van der Waals surface area contributed by atoms with Gasteiger partial charge in [0.15, 0.2) is 0 Å². The van der Waals surface area contributed by atoms with Gasteiger partial charge in [-0.05, 0) is 64.5 Å². The van der Waals surface area contributed by atoms with Crippen molar-refractivity contribution in [2.24, 2.45) is 5.92 Å². The molecule has 0 aromatic carbocycles. The van der Waals surface area contributed by atoms with Gasteiger partial charge in [0.05, 0.1) is 6.61 Å². The molecule has 2 N–H and O–H groups in total. The predicted molar refractivity (Wildman–Crippen MR) is 89.5 cm³/mol. The summed E-state index contributed by atoms with van der Waals surface area (Å²) in [4.78, 5) is 2.66. The van der Waals surface area contributed by atoms with E-state index in [-0.39, 0.29) is 5.54 Å². The first-order valence-electron chi connectivity index (χ1n) is 9.18. The van der Waals surface area contributed by atoms with Gasteiger partial charge in [-0.15, -0.1) is 0 Å². The third-order valence-corrected chi connectivity index (χ3v) is 5.93. The Morgan fingerprint density at radius 1 is 1.19 bits per heavy atom. The van der Waals surface area contributed by atoms with Crippen molar-refractivity contribution in [3.05, 3.63) is 0 Å². The summed E-state index contributed by atoms with van der Waals surface area (Å²) in [6.07, 6.45) is 11.5. The molecule has 0 radical (unpaired) electrons. The highest BCUT2D eigenvalue weighted by Gasteiger charge is 2.38. The van der Waals surface area contributed by atoms with E-state index in [2.05, 4.69) is 31.1 Å². The fourth-order valence-corrected chi connectivity index (χ4v) is 4.50. The average molecular weight is 296 g/mol. The molecule has 0 aliphatic heterocycles. The van der Waals surface area contributed by atoms with E-state index in [0.717, 1.165) is 37.8 Å². The van der Waals surface area contributed by atoms with Crippen LogP contribution in [0.5, 0.6) is 0 Å². The van der Waals surface area contributed by atoms with Gasteiger partial charge in [0.25, 0.3) is 0 Å². The average Bonchev–Trinajstić information content (AvgIpc) is 2.52. The largest absolute Gasteiger partial charge is 0.394 e. The van der Waals surface area contributed by atoms with Crippen LogP contribution in [0.1, 0.15) is 71.6 Å². The Morgan fingerprint density at radius 2 is 1.95 bits per heavy atom. The van der Waals surface area contributed by atoms with Gasteiger partial charge in [0.2, 0.25) is 0 Å². The van der Waals surface area contributed by atoms with Crippen molar-refractivity contribution < 1.29 is 5.11 Å². The van der Waals surface area contributed by atoms with Crippen LogP contribution in [0.2, 0.25) is 0 Å². The molecule has 0 amide bonds. The van der Waals surface area contributed by atoms with Crippen molar-refractivity contribution in [3.63, 3.8) is 0 Å². The quantitative estimate of drug-likeness (QED) is 0.790. The van der Waals surface area contributed by atoms with Crippen molar-refractivity contribution >= 4 is 0 Å². The normalized spacial score (nSPS) is 37.9. The minimum atomic E-state index is -0.0204. The second kappa shape index (κ2) is 7.94. The summed E-state index contributed by atoms with van der Waals surface area (Å²) in [6.45, 7) is 5.92. The van der Waals surface area contributed by atoms with E-state index in [1.54, 1.807) is 0 Å². The third-order valence-electron chi connectivity index (χ3n) is 5.93. The smallest absolute Gasteiger partial charge is 0.0613 e. The van der Waals surface area contributed by atoms with Crippen LogP contribution in [0.4, 0.5) is 0 Å². The van der Waals surface area contributed by atoms with Crippen LogP contribution in [-0.4, -0.2) is 47.8 Å². The molecule has 3 nitrogen and oxygen atoms in total. The number of aliphatic hydroxyl groups is 1. The molecule has 0 bridgehead atoms. The summed E-state index contributed by atoms with van der Waals surface area (Å²) in [6, 6.07) is 1.41. The molecule has 2 saturated carbocycles. The minimum absolute atomic E-state index is 0.0204. The summed E-state index contributed by atoms with van der Waals surface area (Å²) in [7, 11) is 2.33. The van der Waals surface area contributed by atoms with Crippen molar-refractivity contribution in [2.75, 3.05) is 20.2 Å². The maximum Gasteiger partial charge on any atom is 0.0613 e. The molecule has 0 saturated heterocycles. The van der Waals surface area contributed by atoms with E-state index in [1.807, 2.05) is 0 Å². The van der Waals surface area contributed by atoms with Crippen molar-refractivity contribution in [3.8, 4) is 0 Å². The fraction of sp³-hybridized carbons (Fsp3) is 1.00. The van der Waals surface area contributed by atoms with Crippen LogP contribution in [-0.2, 0) is 0 Å². The van der Waals surface area contributed by atoms with Gasteiger partial charge in [-0.1, -0.05) is 26.7 Å². The van der Waals surface area contributed by atoms with Crippen LogP contribution in [0.3, 0.4) is 0 Å². The summed E-state index contributed by atoms with van der Waals surface area (Å²) < 4.78 is 0. The molecule has 124 valence electrons. The van der Waals surface area contributed by atoms with Crippen molar-refractivity contribution in [2.45, 2.75) is 89.3 Å². The predicted octanol–water partition coefficient (Wildman–Crippen LogP) is 3.17. The van der Waals surface area contributed by atoms with Crippen LogP contribution < -0.4 is 5.32 Å². The van der Waals surface area contributed by atoms with E-state index in [9.17, 15) is 5.11 Å². The van der Waals surface area contributed by atoms with Crippen molar-refractivity contribution in [1.82, 2.24) is 10.2 Å². The molecule has 2 fully saturated rings. The van der Waals surface area contributed by atoms with Gasteiger partial charge in [-0.2, -0.15) is 0 Å². The molecule has 0 aromatic heterocycles. The zero-order valence-electron chi connectivity index (χ0n) is 14.4. The Balaban J connectivity index is 1.95. The molecule has 4 atom stereocenters. The van der Waals surface area contributed by atoms with Crippen LogP contribution >= 0.6 is 0 Å². The first-order chi connectivity index (χ1) is 10.1. The number of rotatable bonds is 6. The maximum absolute atomic E-state index is 9.94. The minimum Gasteiger partial charge on any atom is -0.394 e. The van der Waals surface area contributed by atoms with Gasteiger partial charge in [-0.25, -0.2) is 0 Å². The lowest BCUT2D eigenvalue weighted by Gasteiger charge is -2.47. The number of nitrogens with zero attached hydrogens (tertiary/aromatic N) is 1. The zero-order valence-corrected chi connectivity index (χ0v) is 14.4. The van der Waals surface area contributed by atoms with E-state index in [4.69, 9.17) is 0 Å². The van der Waals surface area contributed by atoms with Crippen LogP contribution in [0.25, 0.3) is 0 Å². The summed E-state index contributed by atoms with van der Waals surface area (Å²) >= 11 is 0. The van der Waals surface area contributed by atoms with E-state index in [0.29, 0.717) is 12.6 Å². The molecule has 2 rings (SSSR count). The third kappa shape index (κ3) is 4.43. The summed E-state index contributed by atoms with van der Waals surface area (Å²) in [5, 5.41) is 13.6. The van der Waals surface area contributed by atoms with E-state index in [1.165, 1.54) is 38.5 Å². The Kier molecular flexibility index (Phi) is 6.51. The molecule has 2 aliphatic rings. The SMILES string of the molecule is CCCNC1(CO)CCCC(N(C)C2CCCC(C)C2)C1. The molecule has 0 aromatic rings. The summed E-state index contributed by atoms with van der Waals surface area (Å²) in [5.74, 6) is 0.885. The lowest BCUT2D eigenvalue weighted by molar-refractivity contribution is 0.0387. The molecular weight excluding hydrogens is 260 g/mol. The van der Waals surface area contributed by atoms with Crippen LogP contribution in [0.15, 0.2) is 0 Å². The van der Waals surface area contributed by atoms with E-state index >= 15 is 0 Å². The summed E-state index contributed by atoms with van der Waals surface area (Å²) in [5.41, 5.74) is -0.0204. The number of hydrogen-bond acceptors (Lipinski definition) is 3. The van der Waals surface area contributed by atoms with E-state index < -0.39 is 0 Å². The first kappa shape index (κ1) is 17.2. The second-order valence-electron chi connectivity index (χ2n) is 7.71. The van der Waals surface area contributed by atoms with Crippen LogP contribution in [0, 0.1) is 5.92 Å². The lowest BCUT2D eigenvalue weighted by Crippen LogP contribution is -2.57. The monoisotopic (exact) mass is 296 g/mol. The number of aliphatic hydroxyl groups excluding tert-OH is 1. The van der Waals surface area contributed by atoms with Gasteiger partial charge in [-0.3, -0.25) is 0 Å². The Hall–Kier alpha value is -0.120. The highest BCUT2D eigenvalue weighted by atomic mass is 16.3. The zero-order chi connectivity index (χ0) is 15.3. The van der Waals surface area contributed by atoms with Gasteiger partial charge in [0, 0.05) is 17.6 Å². The molecule has 2 aliphatic carbocycles. The molecule has 4 unspecified atom stereocenters. The molecule has 21 heavy (non-hydrogen) atoms. The topological polar surface area (TPSA) is 35.5 Å². The Bertz CT molecular complexity index is 310. The molecule has 0 spiro atoms.